The Balaban J connectivity index is 0.00000128. The predicted octanol–water partition coefficient (Wildman–Crippen LogP) is 2.67. The number of hydrogen-bond acceptors (Lipinski definition) is 3. The fourth-order valence-corrected chi connectivity index (χ4v) is 2.66. The van der Waals surface area contributed by atoms with E-state index in [2.05, 4.69) is 4.98 Å². The summed E-state index contributed by atoms with van der Waals surface area (Å²) in [5.74, 6) is 0. The molecular weight excluding hydrogens is 257 g/mol. The highest BCUT2D eigenvalue weighted by molar-refractivity contribution is 5.85. The van der Waals surface area contributed by atoms with Crippen LogP contribution in [0.1, 0.15) is 37.7 Å². The standard InChI is InChI=1S/C12H19N3.2ClH/c13-9-12(5-2-1-3-6-12)10-8-15-7-4-11(10)14;;/h4,7-8H,1-3,5-6,9,13H2,(H2,14,15);2*1H. The van der Waals surface area contributed by atoms with Crippen molar-refractivity contribution in [1.82, 2.24) is 4.98 Å². The first-order chi connectivity index (χ1) is 7.28. The van der Waals surface area contributed by atoms with Gasteiger partial charge in [-0.3, -0.25) is 4.98 Å². The maximum absolute atomic E-state index is 6.02. The topological polar surface area (TPSA) is 64.9 Å². The maximum atomic E-state index is 6.02. The van der Waals surface area contributed by atoms with Gasteiger partial charge in [0.2, 0.25) is 0 Å². The van der Waals surface area contributed by atoms with Crippen molar-refractivity contribution in [2.75, 3.05) is 12.3 Å². The van der Waals surface area contributed by atoms with Gasteiger partial charge in [-0.25, -0.2) is 0 Å². The molecule has 1 aromatic rings. The number of halogens is 2. The molecule has 1 aliphatic rings. The van der Waals surface area contributed by atoms with Gasteiger partial charge in [-0.05, 0) is 18.9 Å². The van der Waals surface area contributed by atoms with Crippen molar-refractivity contribution in [2.24, 2.45) is 5.73 Å². The lowest BCUT2D eigenvalue weighted by Gasteiger charge is -2.37. The number of pyridine rings is 1. The number of nitrogen functional groups attached to an aromatic ring is 1. The van der Waals surface area contributed by atoms with Gasteiger partial charge in [0, 0.05) is 35.6 Å². The molecule has 3 nitrogen and oxygen atoms in total. The van der Waals surface area contributed by atoms with E-state index in [1.165, 1.54) is 19.3 Å². The van der Waals surface area contributed by atoms with Crippen LogP contribution in [0.2, 0.25) is 0 Å². The Morgan fingerprint density at radius 3 is 2.35 bits per heavy atom. The average Bonchev–Trinajstić information content (AvgIpc) is 2.30. The van der Waals surface area contributed by atoms with Gasteiger partial charge in [-0.2, -0.15) is 0 Å². The molecule has 1 heterocycles. The third-order valence-electron chi connectivity index (χ3n) is 3.63. The van der Waals surface area contributed by atoms with E-state index in [-0.39, 0.29) is 30.2 Å². The molecule has 1 aliphatic carbocycles. The second-order valence-corrected chi connectivity index (χ2v) is 4.51. The summed E-state index contributed by atoms with van der Waals surface area (Å²) in [5, 5.41) is 0. The largest absolute Gasteiger partial charge is 0.398 e. The summed E-state index contributed by atoms with van der Waals surface area (Å²) in [6.45, 7) is 0.683. The summed E-state index contributed by atoms with van der Waals surface area (Å²) in [5.41, 5.74) is 14.1. The number of rotatable bonds is 2. The minimum atomic E-state index is 0. The SMILES string of the molecule is Cl.Cl.NCC1(c2cnccc2N)CCCCC1. The van der Waals surface area contributed by atoms with Crippen molar-refractivity contribution in [3.63, 3.8) is 0 Å². The Hall–Kier alpha value is -0.510. The van der Waals surface area contributed by atoms with Gasteiger partial charge in [0.1, 0.15) is 0 Å². The van der Waals surface area contributed by atoms with Crippen LogP contribution in [0.15, 0.2) is 18.5 Å². The van der Waals surface area contributed by atoms with E-state index in [1.807, 2.05) is 12.3 Å². The monoisotopic (exact) mass is 277 g/mol. The predicted molar refractivity (Wildman–Crippen MR) is 77.0 cm³/mol. The van der Waals surface area contributed by atoms with Crippen molar-refractivity contribution < 1.29 is 0 Å². The first-order valence-corrected chi connectivity index (χ1v) is 5.68. The van der Waals surface area contributed by atoms with Crippen LogP contribution < -0.4 is 11.5 Å². The maximum Gasteiger partial charge on any atom is 0.0383 e. The van der Waals surface area contributed by atoms with Gasteiger partial charge in [0.05, 0.1) is 0 Å². The summed E-state index contributed by atoms with van der Waals surface area (Å²) < 4.78 is 0. The Morgan fingerprint density at radius 1 is 1.18 bits per heavy atom. The van der Waals surface area contributed by atoms with Gasteiger partial charge < -0.3 is 11.5 Å². The second-order valence-electron chi connectivity index (χ2n) is 4.51. The zero-order valence-corrected chi connectivity index (χ0v) is 11.5. The number of hydrogen-bond donors (Lipinski definition) is 2. The molecule has 0 spiro atoms. The summed E-state index contributed by atoms with van der Waals surface area (Å²) >= 11 is 0. The minimum absolute atomic E-state index is 0. The molecule has 0 aliphatic heterocycles. The Morgan fingerprint density at radius 2 is 1.82 bits per heavy atom. The number of aromatic nitrogens is 1. The molecule has 0 saturated heterocycles. The lowest BCUT2D eigenvalue weighted by Crippen LogP contribution is -2.37. The van der Waals surface area contributed by atoms with E-state index in [1.54, 1.807) is 6.20 Å². The second kappa shape index (κ2) is 7.04. The zero-order valence-electron chi connectivity index (χ0n) is 9.89. The van der Waals surface area contributed by atoms with Gasteiger partial charge in [-0.1, -0.05) is 19.3 Å². The molecule has 0 amide bonds. The fraction of sp³-hybridized carbons (Fsp3) is 0.583. The minimum Gasteiger partial charge on any atom is -0.398 e. The van der Waals surface area contributed by atoms with E-state index in [0.29, 0.717) is 6.54 Å². The summed E-state index contributed by atoms with van der Waals surface area (Å²) in [6, 6.07) is 1.88. The highest BCUT2D eigenvalue weighted by Crippen LogP contribution is 2.40. The molecule has 0 radical (unpaired) electrons. The molecule has 98 valence electrons. The molecule has 1 saturated carbocycles. The van der Waals surface area contributed by atoms with Gasteiger partial charge in [-0.15, -0.1) is 24.8 Å². The molecule has 4 N–H and O–H groups in total. The molecule has 1 aromatic heterocycles. The lowest BCUT2D eigenvalue weighted by molar-refractivity contribution is 0.301. The molecule has 1 fully saturated rings. The molecule has 0 bridgehead atoms. The quantitative estimate of drug-likeness (QED) is 0.874. The zero-order chi connectivity index (χ0) is 10.7. The van der Waals surface area contributed by atoms with Gasteiger partial charge in [0.25, 0.3) is 0 Å². The van der Waals surface area contributed by atoms with E-state index >= 15 is 0 Å². The van der Waals surface area contributed by atoms with E-state index in [9.17, 15) is 0 Å². The third kappa shape index (κ3) is 3.24. The van der Waals surface area contributed by atoms with Crippen LogP contribution in [0.4, 0.5) is 5.69 Å². The van der Waals surface area contributed by atoms with Crippen molar-refractivity contribution in [2.45, 2.75) is 37.5 Å². The van der Waals surface area contributed by atoms with E-state index in [4.69, 9.17) is 11.5 Å². The number of nitrogens with zero attached hydrogens (tertiary/aromatic N) is 1. The molecule has 0 atom stereocenters. The first kappa shape index (κ1) is 16.5. The molecular formula is C12H21Cl2N3. The highest BCUT2D eigenvalue weighted by atomic mass is 35.5. The molecule has 0 aromatic carbocycles. The summed E-state index contributed by atoms with van der Waals surface area (Å²) in [7, 11) is 0. The molecule has 0 unspecified atom stereocenters. The molecule has 5 heteroatoms. The Kier molecular flexibility index (Phi) is 6.83. The fourth-order valence-electron chi connectivity index (χ4n) is 2.66. The lowest BCUT2D eigenvalue weighted by atomic mass is 9.69. The van der Waals surface area contributed by atoms with E-state index < -0.39 is 0 Å². The summed E-state index contributed by atoms with van der Waals surface area (Å²) in [6.07, 6.45) is 9.77. The Labute approximate surface area is 115 Å². The van der Waals surface area contributed by atoms with Crippen LogP contribution in [-0.4, -0.2) is 11.5 Å². The average molecular weight is 278 g/mol. The molecule has 2 rings (SSSR count). The van der Waals surface area contributed by atoms with Crippen LogP contribution in [0.25, 0.3) is 0 Å². The van der Waals surface area contributed by atoms with Crippen molar-refractivity contribution >= 4 is 30.5 Å². The van der Waals surface area contributed by atoms with Crippen molar-refractivity contribution in [3.05, 3.63) is 24.0 Å². The highest BCUT2D eigenvalue weighted by Gasteiger charge is 2.34. The van der Waals surface area contributed by atoms with Crippen LogP contribution in [0.5, 0.6) is 0 Å². The normalized spacial score (nSPS) is 17.7. The van der Waals surface area contributed by atoms with Gasteiger partial charge in [0.15, 0.2) is 0 Å². The number of anilines is 1. The smallest absolute Gasteiger partial charge is 0.0383 e. The van der Waals surface area contributed by atoms with Crippen LogP contribution in [0, 0.1) is 0 Å². The summed E-state index contributed by atoms with van der Waals surface area (Å²) in [4.78, 5) is 4.18. The van der Waals surface area contributed by atoms with Gasteiger partial charge >= 0.3 is 0 Å². The third-order valence-corrected chi connectivity index (χ3v) is 3.63. The number of nitrogens with two attached hydrogens (primary N) is 2. The van der Waals surface area contributed by atoms with Crippen LogP contribution >= 0.6 is 24.8 Å². The van der Waals surface area contributed by atoms with Crippen LogP contribution in [0.3, 0.4) is 0 Å². The molecule has 17 heavy (non-hydrogen) atoms. The van der Waals surface area contributed by atoms with Crippen molar-refractivity contribution in [3.8, 4) is 0 Å². The first-order valence-electron chi connectivity index (χ1n) is 5.68. The van der Waals surface area contributed by atoms with Crippen molar-refractivity contribution in [1.29, 1.82) is 0 Å². The van der Waals surface area contributed by atoms with E-state index in [0.717, 1.165) is 24.1 Å². The van der Waals surface area contributed by atoms with Crippen LogP contribution in [-0.2, 0) is 5.41 Å². The Bertz CT molecular complexity index is 338.